The molecule has 0 saturated heterocycles. The third-order valence-corrected chi connectivity index (χ3v) is 6.31. The van der Waals surface area contributed by atoms with E-state index < -0.39 is 5.91 Å². The molecule has 2 aliphatic carbocycles. The van der Waals surface area contributed by atoms with Crippen LogP contribution in [0.25, 0.3) is 10.9 Å². The number of rotatable bonds is 2. The Balaban J connectivity index is 0.000000230. The lowest BCUT2D eigenvalue weighted by molar-refractivity contribution is 0.0997. The number of halogens is 1. The predicted octanol–water partition coefficient (Wildman–Crippen LogP) is 4.59. The first-order chi connectivity index (χ1) is 14.4. The van der Waals surface area contributed by atoms with Gasteiger partial charge in [-0.2, -0.15) is 0 Å². The average Bonchev–Trinajstić information content (AvgIpc) is 3.46. The smallest absolute Gasteiger partial charge is 0.268 e. The third-order valence-electron chi connectivity index (χ3n) is 6.31. The van der Waals surface area contributed by atoms with E-state index >= 15 is 0 Å². The van der Waals surface area contributed by atoms with Gasteiger partial charge < -0.3 is 10.7 Å². The number of aryl methyl sites for hydroxylation is 1. The largest absolute Gasteiger partial charge is 0.364 e. The standard InChI is InChI=1S/C17H19N3O2.C7H7F/c18-16(22)15-14-11(3-7-19-15)20-12(8-13(14)21)10-2-1-4-17(9-10)5-6-17;1-6-3-2-4-7(8)5-6/h3,7-8,10H,1-2,4-6,9H2,(H2,18,22)(H,20,21);2-5H,1H3/t10-;/m0./s1. The number of hydrogen-bond donors (Lipinski definition) is 2. The zero-order valence-electron chi connectivity index (χ0n) is 17.1. The lowest BCUT2D eigenvalue weighted by atomic mass is 9.77. The molecule has 156 valence electrons. The summed E-state index contributed by atoms with van der Waals surface area (Å²) < 4.78 is 12.2. The molecule has 0 radical (unpaired) electrons. The summed E-state index contributed by atoms with van der Waals surface area (Å²) in [5.74, 6) is -0.415. The molecule has 6 heteroatoms. The summed E-state index contributed by atoms with van der Waals surface area (Å²) >= 11 is 0. The molecule has 0 unspecified atom stereocenters. The molecule has 5 nitrogen and oxygen atoms in total. The lowest BCUT2D eigenvalue weighted by Crippen LogP contribution is -2.20. The molecule has 0 aliphatic heterocycles. The number of nitrogens with two attached hydrogens (primary N) is 1. The van der Waals surface area contributed by atoms with Crippen LogP contribution >= 0.6 is 0 Å². The van der Waals surface area contributed by atoms with Crippen molar-refractivity contribution < 1.29 is 9.18 Å². The molecule has 30 heavy (non-hydrogen) atoms. The van der Waals surface area contributed by atoms with Crippen molar-refractivity contribution in [2.75, 3.05) is 0 Å². The van der Waals surface area contributed by atoms with Gasteiger partial charge in [0.15, 0.2) is 5.43 Å². The second-order valence-corrected chi connectivity index (χ2v) is 8.63. The molecule has 1 amide bonds. The van der Waals surface area contributed by atoms with Crippen molar-refractivity contribution in [1.82, 2.24) is 9.97 Å². The summed E-state index contributed by atoms with van der Waals surface area (Å²) in [5, 5.41) is 0.302. The molecule has 1 atom stereocenters. The Morgan fingerprint density at radius 1 is 1.23 bits per heavy atom. The van der Waals surface area contributed by atoms with Gasteiger partial charge in [-0.1, -0.05) is 18.6 Å². The van der Waals surface area contributed by atoms with Gasteiger partial charge in [-0.15, -0.1) is 0 Å². The normalized spacial score (nSPS) is 19.2. The van der Waals surface area contributed by atoms with Crippen molar-refractivity contribution in [3.8, 4) is 0 Å². The van der Waals surface area contributed by atoms with Crippen molar-refractivity contribution in [2.45, 2.75) is 51.4 Å². The Labute approximate surface area is 174 Å². The monoisotopic (exact) mass is 407 g/mol. The van der Waals surface area contributed by atoms with Crippen molar-refractivity contribution in [1.29, 1.82) is 0 Å². The molecule has 2 saturated carbocycles. The van der Waals surface area contributed by atoms with E-state index in [-0.39, 0.29) is 16.9 Å². The average molecular weight is 407 g/mol. The number of amides is 1. The van der Waals surface area contributed by atoms with Gasteiger partial charge >= 0.3 is 0 Å². The van der Waals surface area contributed by atoms with Gasteiger partial charge in [-0.25, -0.2) is 4.39 Å². The van der Waals surface area contributed by atoms with Crippen LogP contribution in [0.2, 0.25) is 0 Å². The van der Waals surface area contributed by atoms with Gasteiger partial charge in [0.25, 0.3) is 5.91 Å². The fourth-order valence-electron chi connectivity index (χ4n) is 4.58. The number of carbonyl (C=O) groups is 1. The molecular formula is C24H26FN3O2. The number of benzene rings is 1. The number of fused-ring (bicyclic) bond motifs is 1. The summed E-state index contributed by atoms with van der Waals surface area (Å²) in [4.78, 5) is 31.2. The van der Waals surface area contributed by atoms with Gasteiger partial charge in [0.1, 0.15) is 11.5 Å². The van der Waals surface area contributed by atoms with Crippen LogP contribution in [-0.2, 0) is 0 Å². The van der Waals surface area contributed by atoms with Crippen LogP contribution in [-0.4, -0.2) is 15.9 Å². The van der Waals surface area contributed by atoms with Gasteiger partial charge in [-0.05, 0) is 74.1 Å². The van der Waals surface area contributed by atoms with Crippen LogP contribution in [0.1, 0.15) is 66.2 Å². The molecule has 2 aromatic heterocycles. The molecule has 2 fully saturated rings. The maximum atomic E-state index is 12.5. The van der Waals surface area contributed by atoms with Crippen LogP contribution in [0, 0.1) is 18.2 Å². The number of primary amides is 1. The Morgan fingerprint density at radius 3 is 2.67 bits per heavy atom. The molecule has 2 aliphatic rings. The number of aromatic nitrogens is 2. The summed E-state index contributed by atoms with van der Waals surface area (Å²) in [5.41, 5.74) is 8.36. The minimum absolute atomic E-state index is 0.0487. The second kappa shape index (κ2) is 8.01. The van der Waals surface area contributed by atoms with E-state index in [1.807, 2.05) is 13.0 Å². The number of nitrogens with one attached hydrogen (secondary N) is 1. The van der Waals surface area contributed by atoms with Crippen molar-refractivity contribution in [3.05, 3.63) is 75.6 Å². The number of hydrogen-bond acceptors (Lipinski definition) is 3. The quantitative estimate of drug-likeness (QED) is 0.651. The van der Waals surface area contributed by atoms with E-state index in [0.29, 0.717) is 22.2 Å². The maximum absolute atomic E-state index is 12.5. The first kappa shape index (κ1) is 20.3. The number of carbonyl (C=O) groups excluding carboxylic acids is 1. The Hall–Kier alpha value is -3.02. The van der Waals surface area contributed by atoms with Gasteiger partial charge in [0.2, 0.25) is 0 Å². The molecule has 5 rings (SSSR count). The number of H-pyrrole nitrogens is 1. The number of pyridine rings is 2. The third kappa shape index (κ3) is 4.27. The zero-order chi connectivity index (χ0) is 21.3. The minimum atomic E-state index is -0.668. The molecule has 2 heterocycles. The maximum Gasteiger partial charge on any atom is 0.268 e. The number of aromatic amines is 1. The van der Waals surface area contributed by atoms with Crippen LogP contribution in [0.5, 0.6) is 0 Å². The molecular weight excluding hydrogens is 381 g/mol. The highest BCUT2D eigenvalue weighted by atomic mass is 19.1. The Bertz CT molecular complexity index is 1130. The first-order valence-electron chi connectivity index (χ1n) is 10.4. The highest BCUT2D eigenvalue weighted by Crippen LogP contribution is 2.59. The zero-order valence-corrected chi connectivity index (χ0v) is 17.1. The highest BCUT2D eigenvalue weighted by molar-refractivity contribution is 6.03. The van der Waals surface area contributed by atoms with Crippen LogP contribution in [0.3, 0.4) is 0 Å². The first-order valence-corrected chi connectivity index (χ1v) is 10.4. The van der Waals surface area contributed by atoms with Crippen LogP contribution in [0.4, 0.5) is 4.39 Å². The van der Waals surface area contributed by atoms with Gasteiger partial charge in [0, 0.05) is 18.0 Å². The van der Waals surface area contributed by atoms with Gasteiger partial charge in [-0.3, -0.25) is 14.6 Å². The summed E-state index contributed by atoms with van der Waals surface area (Å²) in [7, 11) is 0. The highest BCUT2D eigenvalue weighted by Gasteiger charge is 2.46. The van der Waals surface area contributed by atoms with Crippen LogP contribution in [0.15, 0.2) is 47.4 Å². The Morgan fingerprint density at radius 2 is 2.03 bits per heavy atom. The molecule has 3 N–H and O–H groups in total. The fraction of sp³-hybridized carbons (Fsp3) is 0.375. The van der Waals surface area contributed by atoms with Crippen molar-refractivity contribution in [3.63, 3.8) is 0 Å². The van der Waals surface area contributed by atoms with E-state index in [4.69, 9.17) is 5.73 Å². The minimum Gasteiger partial charge on any atom is -0.364 e. The SMILES string of the molecule is Cc1cccc(F)c1.NC(=O)c1nccc2[nH]c([C@H]3CCCC4(CC4)C3)cc(=O)c12. The predicted molar refractivity (Wildman–Crippen MR) is 115 cm³/mol. The Kier molecular flexibility index (Phi) is 5.41. The summed E-state index contributed by atoms with van der Waals surface area (Å²) in [6, 6.07) is 9.88. The molecule has 1 aromatic carbocycles. The van der Waals surface area contributed by atoms with E-state index in [9.17, 15) is 14.0 Å². The fourth-order valence-corrected chi connectivity index (χ4v) is 4.58. The lowest BCUT2D eigenvalue weighted by Gasteiger charge is -2.29. The second-order valence-electron chi connectivity index (χ2n) is 8.63. The van der Waals surface area contributed by atoms with Crippen LogP contribution < -0.4 is 11.2 Å². The van der Waals surface area contributed by atoms with E-state index in [2.05, 4.69) is 9.97 Å². The summed E-state index contributed by atoms with van der Waals surface area (Å²) in [6.07, 6.45) is 9.03. The van der Waals surface area contributed by atoms with Crippen molar-refractivity contribution >= 4 is 16.8 Å². The molecule has 0 bridgehead atoms. The topological polar surface area (TPSA) is 88.8 Å². The van der Waals surface area contributed by atoms with E-state index in [1.165, 1.54) is 50.4 Å². The molecule has 3 aromatic rings. The van der Waals surface area contributed by atoms with E-state index in [0.717, 1.165) is 17.7 Å². The molecule has 1 spiro atoms. The number of nitrogens with zero attached hydrogens (tertiary/aromatic N) is 1. The summed E-state index contributed by atoms with van der Waals surface area (Å²) in [6.45, 7) is 1.86. The van der Waals surface area contributed by atoms with E-state index in [1.54, 1.807) is 18.2 Å². The van der Waals surface area contributed by atoms with Crippen molar-refractivity contribution in [2.24, 2.45) is 11.1 Å². The van der Waals surface area contributed by atoms with Gasteiger partial charge in [0.05, 0.1) is 10.9 Å².